The number of benzene rings is 1. The third kappa shape index (κ3) is 3.43. The molecule has 1 aromatic carbocycles. The maximum atomic E-state index is 14.1. The fourth-order valence-electron chi connectivity index (χ4n) is 5.18. The Hall–Kier alpha value is -2.61. The van der Waals surface area contributed by atoms with Gasteiger partial charge in [-0.15, -0.1) is 0 Å². The van der Waals surface area contributed by atoms with Crippen LogP contribution in [0.2, 0.25) is 0 Å². The Morgan fingerprint density at radius 1 is 1.27 bits per heavy atom. The second kappa shape index (κ2) is 7.58. The molecule has 160 valence electrons. The Kier molecular flexibility index (Phi) is 4.89. The second-order valence-corrected chi connectivity index (χ2v) is 8.75. The lowest BCUT2D eigenvalue weighted by atomic mass is 9.89. The van der Waals surface area contributed by atoms with E-state index in [-0.39, 0.29) is 29.9 Å². The Labute approximate surface area is 174 Å². The third-order valence-corrected chi connectivity index (χ3v) is 6.84. The Morgan fingerprint density at radius 3 is 2.97 bits per heavy atom. The second-order valence-electron chi connectivity index (χ2n) is 8.75. The summed E-state index contributed by atoms with van der Waals surface area (Å²) in [6, 6.07) is 5.37. The highest BCUT2D eigenvalue weighted by Gasteiger charge is 2.40. The quantitative estimate of drug-likeness (QED) is 0.810. The zero-order chi connectivity index (χ0) is 20.8. The van der Waals surface area contributed by atoms with Crippen molar-refractivity contribution in [1.82, 2.24) is 20.1 Å². The number of halogens is 1. The number of nitrogens with zero attached hydrogens (tertiary/aromatic N) is 2. The summed E-state index contributed by atoms with van der Waals surface area (Å²) in [5.74, 6) is -0.507. The van der Waals surface area contributed by atoms with Crippen LogP contribution in [0.1, 0.15) is 41.7 Å². The van der Waals surface area contributed by atoms with Crippen LogP contribution in [0.3, 0.4) is 0 Å². The van der Waals surface area contributed by atoms with Gasteiger partial charge in [-0.3, -0.25) is 14.6 Å². The van der Waals surface area contributed by atoms with E-state index in [2.05, 4.69) is 15.2 Å². The van der Waals surface area contributed by atoms with Crippen LogP contribution in [0.5, 0.6) is 0 Å². The number of hydrogen-bond acceptors (Lipinski definition) is 4. The van der Waals surface area contributed by atoms with Crippen LogP contribution in [-0.2, 0) is 4.74 Å². The van der Waals surface area contributed by atoms with E-state index in [4.69, 9.17) is 4.74 Å². The average Bonchev–Trinajstić information content (AvgIpc) is 3.36. The van der Waals surface area contributed by atoms with Crippen molar-refractivity contribution < 1.29 is 18.7 Å². The number of rotatable bonds is 3. The first-order valence-electron chi connectivity index (χ1n) is 10.8. The van der Waals surface area contributed by atoms with Crippen molar-refractivity contribution in [3.8, 4) is 0 Å². The summed E-state index contributed by atoms with van der Waals surface area (Å²) in [4.78, 5) is 31.9. The monoisotopic (exact) mass is 414 g/mol. The predicted molar refractivity (Wildman–Crippen MR) is 110 cm³/mol. The minimum atomic E-state index is -0.322. The molecule has 8 heteroatoms. The number of H-pyrrole nitrogens is 1. The van der Waals surface area contributed by atoms with Crippen LogP contribution < -0.4 is 5.32 Å². The van der Waals surface area contributed by atoms with Gasteiger partial charge in [0.2, 0.25) is 0 Å². The summed E-state index contributed by atoms with van der Waals surface area (Å²) >= 11 is 0. The molecule has 3 fully saturated rings. The molecular formula is C22H27FN4O3. The Balaban J connectivity index is 1.23. The molecule has 1 saturated carbocycles. The fourth-order valence-corrected chi connectivity index (χ4v) is 5.18. The SMILES string of the molecule is Cc1ccc(F)c2cc(C(=O)NC3CCCC(N4CCN5C(=O)OCC5C4)C3)[nH]c12. The first-order valence-corrected chi connectivity index (χ1v) is 10.8. The molecule has 3 heterocycles. The highest BCUT2D eigenvalue weighted by molar-refractivity contribution is 5.99. The largest absolute Gasteiger partial charge is 0.447 e. The van der Waals surface area contributed by atoms with Crippen molar-refractivity contribution in [3.63, 3.8) is 0 Å². The van der Waals surface area contributed by atoms with Gasteiger partial charge in [-0.1, -0.05) is 6.07 Å². The van der Waals surface area contributed by atoms with Crippen molar-refractivity contribution >= 4 is 22.9 Å². The maximum Gasteiger partial charge on any atom is 0.410 e. The summed E-state index contributed by atoms with van der Waals surface area (Å²) in [6.45, 7) is 4.75. The van der Waals surface area contributed by atoms with Gasteiger partial charge in [0.1, 0.15) is 18.1 Å². The molecule has 30 heavy (non-hydrogen) atoms. The molecule has 0 spiro atoms. The first-order chi connectivity index (χ1) is 14.5. The smallest absolute Gasteiger partial charge is 0.410 e. The van der Waals surface area contributed by atoms with Gasteiger partial charge < -0.3 is 15.0 Å². The number of aromatic nitrogens is 1. The molecule has 0 bridgehead atoms. The maximum absolute atomic E-state index is 14.1. The number of fused-ring (bicyclic) bond motifs is 2. The number of aryl methyl sites for hydroxylation is 1. The summed E-state index contributed by atoms with van der Waals surface area (Å²) in [6.07, 6.45) is 3.79. The van der Waals surface area contributed by atoms with Gasteiger partial charge in [-0.2, -0.15) is 0 Å². The van der Waals surface area contributed by atoms with Crippen LogP contribution in [0.4, 0.5) is 9.18 Å². The van der Waals surface area contributed by atoms with Crippen molar-refractivity contribution in [2.75, 3.05) is 26.2 Å². The van der Waals surface area contributed by atoms with Gasteiger partial charge in [0.25, 0.3) is 5.91 Å². The minimum Gasteiger partial charge on any atom is -0.447 e. The number of amides is 2. The van der Waals surface area contributed by atoms with Crippen LogP contribution in [0.25, 0.3) is 10.9 Å². The highest BCUT2D eigenvalue weighted by atomic mass is 19.1. The van der Waals surface area contributed by atoms with Crippen molar-refractivity contribution in [1.29, 1.82) is 0 Å². The molecule has 2 amide bonds. The molecule has 5 rings (SSSR count). The van der Waals surface area contributed by atoms with E-state index < -0.39 is 0 Å². The van der Waals surface area contributed by atoms with Gasteiger partial charge >= 0.3 is 6.09 Å². The molecule has 2 aliphatic heterocycles. The van der Waals surface area contributed by atoms with Crippen molar-refractivity contribution in [2.24, 2.45) is 0 Å². The molecule has 1 aromatic heterocycles. The summed E-state index contributed by atoms with van der Waals surface area (Å²) in [5.41, 5.74) is 1.99. The number of aromatic amines is 1. The average molecular weight is 414 g/mol. The first kappa shape index (κ1) is 19.4. The zero-order valence-corrected chi connectivity index (χ0v) is 17.1. The number of carbonyl (C=O) groups excluding carboxylic acids is 2. The lowest BCUT2D eigenvalue weighted by Crippen LogP contribution is -2.56. The summed E-state index contributed by atoms with van der Waals surface area (Å²) < 4.78 is 19.3. The summed E-state index contributed by atoms with van der Waals surface area (Å²) in [7, 11) is 0. The number of nitrogens with one attached hydrogen (secondary N) is 2. The zero-order valence-electron chi connectivity index (χ0n) is 17.1. The number of piperazine rings is 1. The molecular weight excluding hydrogens is 387 g/mol. The predicted octanol–water partition coefficient (Wildman–Crippen LogP) is 2.79. The molecule has 3 unspecified atom stereocenters. The third-order valence-electron chi connectivity index (χ3n) is 6.84. The topological polar surface area (TPSA) is 77.7 Å². The highest BCUT2D eigenvalue weighted by Crippen LogP contribution is 2.28. The van der Waals surface area contributed by atoms with Gasteiger partial charge in [-0.25, -0.2) is 9.18 Å². The number of carbonyl (C=O) groups is 2. The fraction of sp³-hybridized carbons (Fsp3) is 0.545. The lowest BCUT2D eigenvalue weighted by molar-refractivity contribution is 0.0630. The molecule has 0 radical (unpaired) electrons. The van der Waals surface area contributed by atoms with Gasteiger partial charge in [0.05, 0.1) is 11.6 Å². The molecule has 2 N–H and O–H groups in total. The number of cyclic esters (lactones) is 1. The minimum absolute atomic E-state index is 0.0908. The van der Waals surface area contributed by atoms with Crippen LogP contribution in [0.15, 0.2) is 18.2 Å². The van der Waals surface area contributed by atoms with Crippen molar-refractivity contribution in [2.45, 2.75) is 50.7 Å². The van der Waals surface area contributed by atoms with E-state index in [1.54, 1.807) is 12.1 Å². The van der Waals surface area contributed by atoms with E-state index in [9.17, 15) is 14.0 Å². The van der Waals surface area contributed by atoms with E-state index in [1.165, 1.54) is 6.07 Å². The van der Waals surface area contributed by atoms with Crippen LogP contribution >= 0.6 is 0 Å². The van der Waals surface area contributed by atoms with E-state index >= 15 is 0 Å². The molecule has 3 atom stereocenters. The Morgan fingerprint density at radius 2 is 2.13 bits per heavy atom. The Bertz CT molecular complexity index is 951. The van der Waals surface area contributed by atoms with Crippen LogP contribution in [-0.4, -0.2) is 71.2 Å². The standard InChI is InChI=1S/C22H27FN4O3/c1-13-5-6-18(23)17-10-19(25-20(13)17)21(28)24-14-3-2-4-15(9-14)26-7-8-27-16(11-26)12-30-22(27)29/h5-6,10,14-16,25H,2-4,7-9,11-12H2,1H3,(H,24,28). The lowest BCUT2D eigenvalue weighted by Gasteiger charge is -2.43. The normalized spacial score (nSPS) is 27.2. The van der Waals surface area contributed by atoms with Gasteiger partial charge in [-0.05, 0) is 50.3 Å². The molecule has 1 aliphatic carbocycles. The molecule has 2 aromatic rings. The molecule has 2 saturated heterocycles. The van der Waals surface area contributed by atoms with Gasteiger partial charge in [0, 0.05) is 37.1 Å². The van der Waals surface area contributed by atoms with Gasteiger partial charge in [0.15, 0.2) is 0 Å². The number of ether oxygens (including phenoxy) is 1. The van der Waals surface area contributed by atoms with E-state index in [0.717, 1.165) is 44.3 Å². The van der Waals surface area contributed by atoms with Crippen LogP contribution in [0, 0.1) is 12.7 Å². The molecule has 3 aliphatic rings. The van der Waals surface area contributed by atoms with E-state index in [0.29, 0.717) is 35.8 Å². The summed E-state index contributed by atoms with van der Waals surface area (Å²) in [5, 5.41) is 3.60. The molecule has 7 nitrogen and oxygen atoms in total. The van der Waals surface area contributed by atoms with E-state index in [1.807, 2.05) is 11.8 Å². The van der Waals surface area contributed by atoms with Crippen molar-refractivity contribution in [3.05, 3.63) is 35.3 Å². The number of hydrogen-bond donors (Lipinski definition) is 2.